The summed E-state index contributed by atoms with van der Waals surface area (Å²) >= 11 is 0. The Morgan fingerprint density at radius 2 is 1.48 bits per heavy atom. The number of aromatic nitrogens is 2. The smallest absolute Gasteiger partial charge is 0.303 e. The van der Waals surface area contributed by atoms with Crippen LogP contribution in [0.15, 0.2) is 12.4 Å². The van der Waals surface area contributed by atoms with Crippen molar-refractivity contribution in [3.05, 3.63) is 18.2 Å². The molecule has 0 atom stereocenters. The minimum atomic E-state index is -1.22. The first-order valence-electron chi connectivity index (χ1n) is 8.64. The second kappa shape index (κ2) is 10.3. The Bertz CT molecular complexity index is 638. The van der Waals surface area contributed by atoms with E-state index in [1.54, 1.807) is 17.0 Å². The molecule has 150 valence electrons. The highest BCUT2D eigenvalue weighted by Gasteiger charge is 2.33. The van der Waals surface area contributed by atoms with Gasteiger partial charge in [0.05, 0.1) is 0 Å². The lowest BCUT2D eigenvalue weighted by Gasteiger charge is -2.34. The van der Waals surface area contributed by atoms with E-state index in [0.717, 1.165) is 0 Å². The van der Waals surface area contributed by atoms with E-state index in [2.05, 4.69) is 10.3 Å². The summed E-state index contributed by atoms with van der Waals surface area (Å²) in [5.74, 6) is -3.09. The van der Waals surface area contributed by atoms with Crippen LogP contribution < -0.4 is 5.32 Å². The minimum Gasteiger partial charge on any atom is -0.481 e. The fraction of sp³-hybridized carbons (Fsp3) is 0.588. The summed E-state index contributed by atoms with van der Waals surface area (Å²) in [5.41, 5.74) is -1.22. The van der Waals surface area contributed by atoms with Crippen molar-refractivity contribution in [2.24, 2.45) is 0 Å². The molecule has 0 aliphatic carbocycles. The predicted molar refractivity (Wildman–Crippen MR) is 93.1 cm³/mol. The van der Waals surface area contributed by atoms with Crippen molar-refractivity contribution >= 4 is 23.8 Å². The van der Waals surface area contributed by atoms with Gasteiger partial charge in [0, 0.05) is 43.6 Å². The van der Waals surface area contributed by atoms with Crippen molar-refractivity contribution in [1.82, 2.24) is 14.9 Å². The highest BCUT2D eigenvalue weighted by molar-refractivity contribution is 5.77. The third-order valence-corrected chi connectivity index (χ3v) is 4.29. The molecule has 0 aliphatic rings. The van der Waals surface area contributed by atoms with Gasteiger partial charge in [-0.1, -0.05) is 6.92 Å². The van der Waals surface area contributed by atoms with E-state index >= 15 is 0 Å². The number of carbonyl (C=O) groups excluding carboxylic acids is 1. The number of carboxylic acid groups (broad SMARTS) is 3. The Labute approximate surface area is 156 Å². The fourth-order valence-corrected chi connectivity index (χ4v) is 2.89. The van der Waals surface area contributed by atoms with Gasteiger partial charge >= 0.3 is 17.9 Å². The van der Waals surface area contributed by atoms with Gasteiger partial charge in [-0.3, -0.25) is 19.2 Å². The van der Waals surface area contributed by atoms with Crippen LogP contribution in [0.4, 0.5) is 0 Å². The van der Waals surface area contributed by atoms with Crippen molar-refractivity contribution in [2.45, 2.75) is 64.0 Å². The molecule has 4 N–H and O–H groups in total. The molecule has 0 bridgehead atoms. The number of hydrogen-bond donors (Lipinski definition) is 4. The van der Waals surface area contributed by atoms with E-state index in [1.165, 1.54) is 0 Å². The lowest BCUT2D eigenvalue weighted by Crippen LogP contribution is -2.50. The van der Waals surface area contributed by atoms with Crippen molar-refractivity contribution in [3.63, 3.8) is 0 Å². The molecule has 0 unspecified atom stereocenters. The number of carbonyl (C=O) groups is 4. The molecule has 0 saturated carbocycles. The molecule has 0 aliphatic heterocycles. The van der Waals surface area contributed by atoms with E-state index in [-0.39, 0.29) is 45.1 Å². The van der Waals surface area contributed by atoms with Crippen LogP contribution in [0.1, 0.15) is 51.3 Å². The normalized spacial score (nSPS) is 11.1. The Morgan fingerprint density at radius 3 is 1.89 bits per heavy atom. The molecule has 1 aromatic rings. The summed E-state index contributed by atoms with van der Waals surface area (Å²) in [6.45, 7) is 1.81. The monoisotopic (exact) mass is 383 g/mol. The molecular weight excluding hydrogens is 358 g/mol. The number of amides is 1. The predicted octanol–water partition coefficient (Wildman–Crippen LogP) is 0.895. The highest BCUT2D eigenvalue weighted by atomic mass is 16.4. The van der Waals surface area contributed by atoms with E-state index < -0.39 is 29.4 Å². The molecule has 10 heteroatoms. The largest absolute Gasteiger partial charge is 0.481 e. The van der Waals surface area contributed by atoms with Crippen molar-refractivity contribution in [1.29, 1.82) is 0 Å². The van der Waals surface area contributed by atoms with Crippen LogP contribution in [0.25, 0.3) is 0 Å². The molecular formula is C17H25N3O7. The van der Waals surface area contributed by atoms with Gasteiger partial charge in [0.1, 0.15) is 12.4 Å². The molecule has 0 saturated heterocycles. The fourth-order valence-electron chi connectivity index (χ4n) is 2.89. The zero-order valence-corrected chi connectivity index (χ0v) is 15.2. The Kier molecular flexibility index (Phi) is 8.43. The highest BCUT2D eigenvalue weighted by Crippen LogP contribution is 2.26. The number of nitrogens with zero attached hydrogens (tertiary/aromatic N) is 2. The second-order valence-corrected chi connectivity index (χ2v) is 6.33. The average molecular weight is 383 g/mol. The van der Waals surface area contributed by atoms with Gasteiger partial charge in [0.15, 0.2) is 0 Å². The van der Waals surface area contributed by atoms with Crippen LogP contribution in [0.5, 0.6) is 0 Å². The number of rotatable bonds is 13. The third-order valence-electron chi connectivity index (χ3n) is 4.29. The molecule has 0 spiro atoms. The zero-order chi connectivity index (χ0) is 20.4. The molecule has 1 amide bonds. The Hall–Kier alpha value is -2.91. The van der Waals surface area contributed by atoms with E-state index in [1.807, 2.05) is 6.92 Å². The molecule has 0 radical (unpaired) electrons. The maximum atomic E-state index is 12.5. The van der Waals surface area contributed by atoms with Crippen LogP contribution in [0.3, 0.4) is 0 Å². The van der Waals surface area contributed by atoms with Gasteiger partial charge < -0.3 is 25.2 Å². The quantitative estimate of drug-likeness (QED) is 0.391. The van der Waals surface area contributed by atoms with Crippen molar-refractivity contribution in [3.8, 4) is 0 Å². The van der Waals surface area contributed by atoms with Gasteiger partial charge in [-0.2, -0.15) is 0 Å². The molecule has 0 fully saturated rings. The zero-order valence-electron chi connectivity index (χ0n) is 15.2. The molecule has 10 nitrogen and oxygen atoms in total. The lowest BCUT2D eigenvalue weighted by atomic mass is 9.83. The lowest BCUT2D eigenvalue weighted by molar-refractivity contribution is -0.139. The topological polar surface area (TPSA) is 159 Å². The minimum absolute atomic E-state index is 0.0564. The summed E-state index contributed by atoms with van der Waals surface area (Å²) in [6.07, 6.45) is 2.69. The molecule has 1 heterocycles. The summed E-state index contributed by atoms with van der Waals surface area (Å²) < 4.78 is 1.63. The summed E-state index contributed by atoms with van der Waals surface area (Å²) in [4.78, 5) is 49.6. The summed E-state index contributed by atoms with van der Waals surface area (Å²) in [7, 11) is 0. The molecule has 27 heavy (non-hydrogen) atoms. The summed E-state index contributed by atoms with van der Waals surface area (Å²) in [6, 6.07) is 0. The maximum Gasteiger partial charge on any atom is 0.303 e. The van der Waals surface area contributed by atoms with Gasteiger partial charge in [-0.15, -0.1) is 0 Å². The van der Waals surface area contributed by atoms with Crippen molar-refractivity contribution in [2.75, 3.05) is 0 Å². The van der Waals surface area contributed by atoms with Gasteiger partial charge in [0.2, 0.25) is 5.91 Å². The van der Waals surface area contributed by atoms with Crippen LogP contribution in [-0.4, -0.2) is 54.2 Å². The number of carboxylic acids is 3. The first-order chi connectivity index (χ1) is 12.7. The maximum absolute atomic E-state index is 12.5. The SMILES string of the molecule is CCc1nccn1CC(=O)NC(CCC(=O)O)(CCC(=O)O)CCC(=O)O. The molecule has 1 aromatic heterocycles. The first-order valence-corrected chi connectivity index (χ1v) is 8.64. The average Bonchev–Trinajstić information content (AvgIpc) is 3.02. The van der Waals surface area contributed by atoms with Gasteiger partial charge in [0.25, 0.3) is 0 Å². The van der Waals surface area contributed by atoms with Crippen LogP contribution in [0, 0.1) is 0 Å². The van der Waals surface area contributed by atoms with Crippen LogP contribution >= 0.6 is 0 Å². The van der Waals surface area contributed by atoms with Gasteiger partial charge in [-0.05, 0) is 19.3 Å². The van der Waals surface area contributed by atoms with Gasteiger partial charge in [-0.25, -0.2) is 4.98 Å². The van der Waals surface area contributed by atoms with E-state index in [9.17, 15) is 19.2 Å². The number of hydrogen-bond acceptors (Lipinski definition) is 5. The standard InChI is InChI=1S/C17H25N3O7/c1-2-12-18-9-10-20(12)11-13(21)19-17(6-3-14(22)23,7-4-15(24)25)8-5-16(26)27/h9-10H,2-8,11H2,1H3,(H,19,21)(H,22,23)(H,24,25)(H,26,27). The number of aryl methyl sites for hydroxylation is 1. The third kappa shape index (κ3) is 7.89. The summed E-state index contributed by atoms with van der Waals surface area (Å²) in [5, 5.41) is 29.7. The first kappa shape index (κ1) is 22.1. The van der Waals surface area contributed by atoms with Crippen molar-refractivity contribution < 1.29 is 34.5 Å². The number of imidazole rings is 1. The second-order valence-electron chi connectivity index (χ2n) is 6.33. The van der Waals surface area contributed by atoms with E-state index in [0.29, 0.717) is 12.2 Å². The molecule has 0 aromatic carbocycles. The van der Waals surface area contributed by atoms with E-state index in [4.69, 9.17) is 15.3 Å². The molecule has 1 rings (SSSR count). The van der Waals surface area contributed by atoms with Crippen LogP contribution in [0.2, 0.25) is 0 Å². The number of aliphatic carboxylic acids is 3. The number of nitrogens with one attached hydrogen (secondary N) is 1. The van der Waals surface area contributed by atoms with Crippen LogP contribution in [-0.2, 0) is 32.1 Å². The Morgan fingerprint density at radius 1 is 1.00 bits per heavy atom. The Balaban J connectivity index is 2.98.